The minimum Gasteiger partial charge on any atom is -0.309 e. The van der Waals surface area contributed by atoms with Crippen LogP contribution in [0.5, 0.6) is 0 Å². The van der Waals surface area contributed by atoms with Crippen LogP contribution in [0.25, 0.3) is 0 Å². The molecule has 1 heterocycles. The fourth-order valence-electron chi connectivity index (χ4n) is 2.53. The van der Waals surface area contributed by atoms with Crippen LogP contribution in [0.3, 0.4) is 0 Å². The van der Waals surface area contributed by atoms with Gasteiger partial charge in [0.2, 0.25) is 0 Å². The zero-order chi connectivity index (χ0) is 13.7. The van der Waals surface area contributed by atoms with Crippen LogP contribution in [0.2, 0.25) is 10.0 Å². The number of benzene rings is 1. The van der Waals surface area contributed by atoms with E-state index in [0.717, 1.165) is 18.5 Å². The highest BCUT2D eigenvalue weighted by Crippen LogP contribution is 2.39. The van der Waals surface area contributed by atoms with Gasteiger partial charge in [-0.3, -0.25) is 0 Å². The van der Waals surface area contributed by atoms with Crippen LogP contribution in [-0.4, -0.2) is 17.5 Å². The molecule has 2 atom stereocenters. The van der Waals surface area contributed by atoms with Crippen molar-refractivity contribution >= 4 is 35.0 Å². The summed E-state index contributed by atoms with van der Waals surface area (Å²) < 4.78 is 0. The molecule has 0 bridgehead atoms. The van der Waals surface area contributed by atoms with Crippen molar-refractivity contribution in [2.75, 3.05) is 12.3 Å². The molecule has 106 valence electrons. The van der Waals surface area contributed by atoms with Crippen LogP contribution >= 0.6 is 35.0 Å². The predicted octanol–water partition coefficient (Wildman–Crippen LogP) is 5.32. The van der Waals surface area contributed by atoms with Crippen molar-refractivity contribution in [2.45, 2.75) is 43.9 Å². The molecule has 1 aromatic carbocycles. The van der Waals surface area contributed by atoms with Gasteiger partial charge in [0.1, 0.15) is 0 Å². The molecule has 1 saturated heterocycles. The highest BCUT2D eigenvalue weighted by Gasteiger charge is 2.27. The average Bonchev–Trinajstić information content (AvgIpc) is 2.45. The Kier molecular flexibility index (Phi) is 6.34. The molecule has 1 nitrogen and oxygen atoms in total. The van der Waals surface area contributed by atoms with E-state index in [4.69, 9.17) is 23.2 Å². The monoisotopic (exact) mass is 317 g/mol. The van der Waals surface area contributed by atoms with Crippen LogP contribution in [0.1, 0.15) is 44.2 Å². The summed E-state index contributed by atoms with van der Waals surface area (Å²) in [6, 6.07) is 6.28. The Morgan fingerprint density at radius 2 is 2.21 bits per heavy atom. The first-order chi connectivity index (χ1) is 9.24. The first kappa shape index (κ1) is 15.5. The number of rotatable bonds is 5. The van der Waals surface area contributed by atoms with Crippen molar-refractivity contribution in [3.05, 3.63) is 33.8 Å². The standard InChI is InChI=1S/C15H21Cl2NS/c1-2-9-18-15(13-8-3-4-10-19-13)11-6-5-7-12(16)14(11)17/h5-7,13,15,18H,2-4,8-10H2,1H3. The van der Waals surface area contributed by atoms with Gasteiger partial charge in [0.25, 0.3) is 0 Å². The summed E-state index contributed by atoms with van der Waals surface area (Å²) >= 11 is 14.6. The summed E-state index contributed by atoms with van der Waals surface area (Å²) in [5.74, 6) is 1.26. The summed E-state index contributed by atoms with van der Waals surface area (Å²) in [6.45, 7) is 3.21. The maximum Gasteiger partial charge on any atom is 0.0640 e. The predicted molar refractivity (Wildman–Crippen MR) is 87.6 cm³/mol. The maximum absolute atomic E-state index is 6.40. The molecule has 1 N–H and O–H groups in total. The van der Waals surface area contributed by atoms with E-state index in [2.05, 4.69) is 30.1 Å². The fraction of sp³-hybridized carbons (Fsp3) is 0.600. The second-order valence-electron chi connectivity index (χ2n) is 4.98. The van der Waals surface area contributed by atoms with Gasteiger partial charge in [0.05, 0.1) is 10.0 Å². The summed E-state index contributed by atoms with van der Waals surface area (Å²) in [4.78, 5) is 0. The minimum absolute atomic E-state index is 0.316. The highest BCUT2D eigenvalue weighted by molar-refractivity contribution is 8.00. The van der Waals surface area contributed by atoms with E-state index in [1.54, 1.807) is 0 Å². The quantitative estimate of drug-likeness (QED) is 0.788. The lowest BCUT2D eigenvalue weighted by Gasteiger charge is -2.31. The molecule has 0 saturated carbocycles. The largest absolute Gasteiger partial charge is 0.309 e. The van der Waals surface area contributed by atoms with E-state index in [1.807, 2.05) is 12.1 Å². The zero-order valence-corrected chi connectivity index (χ0v) is 13.6. The van der Waals surface area contributed by atoms with Gasteiger partial charge < -0.3 is 5.32 Å². The van der Waals surface area contributed by atoms with Crippen molar-refractivity contribution in [3.63, 3.8) is 0 Å². The molecule has 1 aromatic rings. The molecular weight excluding hydrogens is 297 g/mol. The van der Waals surface area contributed by atoms with E-state index in [0.29, 0.717) is 21.3 Å². The lowest BCUT2D eigenvalue weighted by Crippen LogP contribution is -2.32. The third-order valence-corrected chi connectivity index (χ3v) is 5.81. The molecular formula is C15H21Cl2NS. The molecule has 0 spiro atoms. The van der Waals surface area contributed by atoms with Crippen molar-refractivity contribution in [3.8, 4) is 0 Å². The second kappa shape index (κ2) is 7.78. The van der Waals surface area contributed by atoms with E-state index in [1.165, 1.54) is 25.0 Å². The van der Waals surface area contributed by atoms with Crippen LogP contribution in [0, 0.1) is 0 Å². The van der Waals surface area contributed by atoms with Crippen molar-refractivity contribution < 1.29 is 0 Å². The first-order valence-electron chi connectivity index (χ1n) is 7.03. The molecule has 0 radical (unpaired) electrons. The van der Waals surface area contributed by atoms with Crippen LogP contribution < -0.4 is 5.32 Å². The van der Waals surface area contributed by atoms with Crippen LogP contribution in [-0.2, 0) is 0 Å². The minimum atomic E-state index is 0.316. The summed E-state index contributed by atoms with van der Waals surface area (Å²) in [7, 11) is 0. The molecule has 2 rings (SSSR count). The van der Waals surface area contributed by atoms with Crippen molar-refractivity contribution in [1.29, 1.82) is 0 Å². The van der Waals surface area contributed by atoms with Crippen molar-refractivity contribution in [1.82, 2.24) is 5.32 Å². The summed E-state index contributed by atoms with van der Waals surface area (Å²) in [6.07, 6.45) is 5.05. The number of halogens is 2. The molecule has 2 unspecified atom stereocenters. The normalized spacial score (nSPS) is 21.3. The van der Waals surface area contributed by atoms with E-state index < -0.39 is 0 Å². The van der Waals surface area contributed by atoms with Gasteiger partial charge in [0.15, 0.2) is 0 Å². The van der Waals surface area contributed by atoms with Gasteiger partial charge in [-0.25, -0.2) is 0 Å². The van der Waals surface area contributed by atoms with Gasteiger partial charge in [-0.05, 0) is 43.2 Å². The number of hydrogen-bond donors (Lipinski definition) is 1. The van der Waals surface area contributed by atoms with Crippen LogP contribution in [0.15, 0.2) is 18.2 Å². The Morgan fingerprint density at radius 1 is 1.37 bits per heavy atom. The van der Waals surface area contributed by atoms with Gasteiger partial charge in [-0.1, -0.05) is 48.7 Å². The fourth-order valence-corrected chi connectivity index (χ4v) is 4.40. The Morgan fingerprint density at radius 3 is 2.89 bits per heavy atom. The summed E-state index contributed by atoms with van der Waals surface area (Å²) in [5.41, 5.74) is 1.15. The Balaban J connectivity index is 2.22. The Labute approximate surface area is 130 Å². The second-order valence-corrected chi connectivity index (χ2v) is 7.11. The van der Waals surface area contributed by atoms with Crippen molar-refractivity contribution in [2.24, 2.45) is 0 Å². The van der Waals surface area contributed by atoms with Gasteiger partial charge in [-0.15, -0.1) is 0 Å². The molecule has 1 aliphatic rings. The molecule has 4 heteroatoms. The Hall–Kier alpha value is 0.110. The average molecular weight is 318 g/mol. The third kappa shape index (κ3) is 4.04. The number of nitrogens with one attached hydrogen (secondary N) is 1. The zero-order valence-electron chi connectivity index (χ0n) is 11.3. The third-order valence-electron chi connectivity index (χ3n) is 3.52. The Bertz CT molecular complexity index is 405. The lowest BCUT2D eigenvalue weighted by atomic mass is 9.99. The molecule has 19 heavy (non-hydrogen) atoms. The molecule has 0 aliphatic carbocycles. The van der Waals surface area contributed by atoms with Gasteiger partial charge >= 0.3 is 0 Å². The lowest BCUT2D eigenvalue weighted by molar-refractivity contribution is 0.479. The molecule has 1 fully saturated rings. The molecule has 0 aromatic heterocycles. The summed E-state index contributed by atoms with van der Waals surface area (Å²) in [5, 5.41) is 5.64. The SMILES string of the molecule is CCCNC(c1cccc(Cl)c1Cl)C1CCCCS1. The van der Waals surface area contributed by atoms with Gasteiger partial charge in [0, 0.05) is 11.3 Å². The highest BCUT2D eigenvalue weighted by atomic mass is 35.5. The topological polar surface area (TPSA) is 12.0 Å². The van der Waals surface area contributed by atoms with Gasteiger partial charge in [-0.2, -0.15) is 11.8 Å². The number of hydrogen-bond acceptors (Lipinski definition) is 2. The van der Waals surface area contributed by atoms with E-state index >= 15 is 0 Å². The van der Waals surface area contributed by atoms with Crippen LogP contribution in [0.4, 0.5) is 0 Å². The van der Waals surface area contributed by atoms with E-state index in [-0.39, 0.29) is 0 Å². The smallest absolute Gasteiger partial charge is 0.0640 e. The maximum atomic E-state index is 6.40. The van der Waals surface area contributed by atoms with E-state index in [9.17, 15) is 0 Å². The molecule has 1 aliphatic heterocycles. The molecule has 0 amide bonds. The first-order valence-corrected chi connectivity index (χ1v) is 8.83. The number of thioether (sulfide) groups is 1.